The minimum atomic E-state index is -3.94. The Hall–Kier alpha value is -4.06. The van der Waals surface area contributed by atoms with Crippen LogP contribution in [0.3, 0.4) is 0 Å². The molecular weight excluding hydrogens is 487 g/mol. The zero-order chi connectivity index (χ0) is 25.6. The van der Waals surface area contributed by atoms with Crippen LogP contribution >= 0.6 is 0 Å². The van der Waals surface area contributed by atoms with Crippen LogP contribution in [0.4, 0.5) is 24.5 Å². The highest BCUT2D eigenvalue weighted by molar-refractivity contribution is 7.88. The predicted molar refractivity (Wildman–Crippen MR) is 124 cm³/mol. The number of hydrogen-bond acceptors (Lipinski definition) is 7. The molecule has 0 amide bonds. The summed E-state index contributed by atoms with van der Waals surface area (Å²) < 4.78 is 77.9. The van der Waals surface area contributed by atoms with Crippen LogP contribution in [-0.2, 0) is 20.5 Å². The second-order valence-electron chi connectivity index (χ2n) is 7.07. The summed E-state index contributed by atoms with van der Waals surface area (Å²) in [5.41, 5.74) is -1.48. The molecule has 0 atom stereocenters. The molecule has 3 rings (SSSR count). The summed E-state index contributed by atoms with van der Waals surface area (Å²) in [5, 5.41) is 5.82. The van der Waals surface area contributed by atoms with Crippen molar-refractivity contribution in [1.29, 1.82) is 0 Å². The van der Waals surface area contributed by atoms with Gasteiger partial charge in [0.1, 0.15) is 11.6 Å². The quantitative estimate of drug-likeness (QED) is 0.257. The number of benzene rings is 3. The van der Waals surface area contributed by atoms with E-state index in [1.54, 1.807) is 30.3 Å². The number of rotatable bonds is 9. The van der Waals surface area contributed by atoms with E-state index in [-0.39, 0.29) is 11.4 Å². The van der Waals surface area contributed by atoms with Crippen LogP contribution in [0.2, 0.25) is 0 Å². The number of nitrogens with zero attached hydrogens (tertiary/aromatic N) is 1. The Morgan fingerprint density at radius 1 is 1.03 bits per heavy atom. The van der Waals surface area contributed by atoms with Crippen molar-refractivity contribution < 1.29 is 35.9 Å². The van der Waals surface area contributed by atoms with Gasteiger partial charge in [0.2, 0.25) is 0 Å². The second-order valence-corrected chi connectivity index (χ2v) is 8.77. The number of sulfonamides is 1. The highest BCUT2D eigenvalue weighted by atomic mass is 32.2. The molecular formula is C23H20F3N3O5S. The number of esters is 1. The normalized spacial score (nSPS) is 11.3. The van der Waals surface area contributed by atoms with Crippen LogP contribution in [0.15, 0.2) is 59.7 Å². The first-order valence-electron chi connectivity index (χ1n) is 9.92. The van der Waals surface area contributed by atoms with Crippen molar-refractivity contribution in [2.45, 2.75) is 5.75 Å². The molecule has 0 aliphatic carbocycles. The van der Waals surface area contributed by atoms with Crippen molar-refractivity contribution >= 4 is 33.6 Å². The van der Waals surface area contributed by atoms with E-state index >= 15 is 0 Å². The largest absolute Gasteiger partial charge is 0.497 e. The van der Waals surface area contributed by atoms with E-state index in [1.807, 2.05) is 4.83 Å². The fourth-order valence-corrected chi connectivity index (χ4v) is 3.90. The Morgan fingerprint density at radius 3 is 2.37 bits per heavy atom. The minimum Gasteiger partial charge on any atom is -0.497 e. The first kappa shape index (κ1) is 25.6. The van der Waals surface area contributed by atoms with E-state index in [2.05, 4.69) is 15.2 Å². The van der Waals surface area contributed by atoms with Gasteiger partial charge in [-0.25, -0.2) is 31.2 Å². The zero-order valence-electron chi connectivity index (χ0n) is 18.5. The Bertz CT molecular complexity index is 1370. The molecule has 0 heterocycles. The average Bonchev–Trinajstić information content (AvgIpc) is 2.84. The molecule has 0 saturated heterocycles. The molecule has 2 N–H and O–H groups in total. The van der Waals surface area contributed by atoms with Crippen LogP contribution in [-0.4, -0.2) is 34.8 Å². The van der Waals surface area contributed by atoms with E-state index in [0.29, 0.717) is 11.8 Å². The van der Waals surface area contributed by atoms with Crippen molar-refractivity contribution in [2.75, 3.05) is 19.5 Å². The molecule has 0 fully saturated rings. The maximum atomic E-state index is 14.9. The zero-order valence-corrected chi connectivity index (χ0v) is 19.3. The number of anilines is 2. The number of methoxy groups -OCH3 is 2. The number of halogens is 3. The van der Waals surface area contributed by atoms with Gasteiger partial charge in [0.15, 0.2) is 11.6 Å². The Labute approximate surface area is 199 Å². The highest BCUT2D eigenvalue weighted by Crippen LogP contribution is 2.31. The number of carbonyl (C=O) groups is 1. The maximum Gasteiger partial charge on any atom is 0.340 e. The Kier molecular flexibility index (Phi) is 7.97. The fraction of sp³-hybridized carbons (Fsp3) is 0.130. The summed E-state index contributed by atoms with van der Waals surface area (Å²) in [5.74, 6) is -5.10. The lowest BCUT2D eigenvalue weighted by Gasteiger charge is -2.15. The summed E-state index contributed by atoms with van der Waals surface area (Å²) in [6, 6.07) is 12.7. The van der Waals surface area contributed by atoms with Gasteiger partial charge >= 0.3 is 5.97 Å². The van der Waals surface area contributed by atoms with Crippen LogP contribution in [0.5, 0.6) is 5.75 Å². The molecule has 0 saturated carbocycles. The standard InChI is InChI=1S/C23H20F3N3O5S/c1-33-16-8-9-19(18(24)11-16)28-22-17(23(30)34-2)10-15(20(25)21(22)26)12-27-29-35(31,32)13-14-6-4-3-5-7-14/h3-12,28-29H,13H2,1-2H3/b27-12+. The van der Waals surface area contributed by atoms with Gasteiger partial charge in [0, 0.05) is 11.6 Å². The van der Waals surface area contributed by atoms with Crippen molar-refractivity contribution in [2.24, 2.45) is 5.10 Å². The van der Waals surface area contributed by atoms with E-state index in [4.69, 9.17) is 4.74 Å². The van der Waals surface area contributed by atoms with Gasteiger partial charge in [-0.1, -0.05) is 30.3 Å². The molecule has 0 radical (unpaired) electrons. The monoisotopic (exact) mass is 507 g/mol. The van der Waals surface area contributed by atoms with Crippen molar-refractivity contribution in [3.63, 3.8) is 0 Å². The van der Waals surface area contributed by atoms with Gasteiger partial charge in [-0.05, 0) is 23.8 Å². The number of nitrogens with one attached hydrogen (secondary N) is 2. The Balaban J connectivity index is 1.91. The molecule has 0 spiro atoms. The first-order valence-corrected chi connectivity index (χ1v) is 11.6. The SMILES string of the molecule is COC(=O)c1cc(/C=N/NS(=O)(=O)Cc2ccccc2)c(F)c(F)c1Nc1ccc(OC)cc1F. The lowest BCUT2D eigenvalue weighted by Crippen LogP contribution is -2.20. The van der Waals surface area contributed by atoms with E-state index < -0.39 is 56.0 Å². The summed E-state index contributed by atoms with van der Waals surface area (Å²) in [6.45, 7) is 0. The van der Waals surface area contributed by atoms with Gasteiger partial charge < -0.3 is 14.8 Å². The fourth-order valence-electron chi connectivity index (χ4n) is 2.99. The van der Waals surface area contributed by atoms with Crippen LogP contribution in [0, 0.1) is 17.5 Å². The van der Waals surface area contributed by atoms with E-state index in [1.165, 1.54) is 19.2 Å². The van der Waals surface area contributed by atoms with E-state index in [9.17, 15) is 26.4 Å². The summed E-state index contributed by atoms with van der Waals surface area (Å²) >= 11 is 0. The molecule has 0 aromatic heterocycles. The van der Waals surface area contributed by atoms with Crippen molar-refractivity contribution in [1.82, 2.24) is 4.83 Å². The average molecular weight is 507 g/mol. The van der Waals surface area contributed by atoms with Gasteiger partial charge in [-0.2, -0.15) is 5.10 Å². The van der Waals surface area contributed by atoms with Crippen molar-refractivity contribution in [3.05, 3.63) is 88.7 Å². The molecule has 3 aromatic carbocycles. The minimum absolute atomic E-state index is 0.189. The van der Waals surface area contributed by atoms with Gasteiger partial charge in [-0.3, -0.25) is 0 Å². The van der Waals surface area contributed by atoms with Crippen LogP contribution in [0.1, 0.15) is 21.5 Å². The predicted octanol–water partition coefficient (Wildman–Crippen LogP) is 4.10. The topological polar surface area (TPSA) is 106 Å². The lowest BCUT2D eigenvalue weighted by molar-refractivity contribution is 0.0601. The third-order valence-electron chi connectivity index (χ3n) is 4.67. The molecule has 0 aliphatic rings. The van der Waals surface area contributed by atoms with Crippen molar-refractivity contribution in [3.8, 4) is 5.75 Å². The Morgan fingerprint density at radius 2 is 1.74 bits per heavy atom. The summed E-state index contributed by atoms with van der Waals surface area (Å²) in [6.07, 6.45) is 0.700. The lowest BCUT2D eigenvalue weighted by atomic mass is 10.1. The number of hydrazone groups is 1. The van der Waals surface area contributed by atoms with E-state index in [0.717, 1.165) is 19.2 Å². The molecule has 0 unspecified atom stereocenters. The summed E-state index contributed by atoms with van der Waals surface area (Å²) in [4.78, 5) is 14.1. The van der Waals surface area contributed by atoms with Gasteiger partial charge in [0.05, 0.1) is 43.1 Å². The first-order chi connectivity index (χ1) is 16.6. The molecule has 3 aromatic rings. The van der Waals surface area contributed by atoms with Gasteiger partial charge in [-0.15, -0.1) is 0 Å². The molecule has 35 heavy (non-hydrogen) atoms. The second kappa shape index (κ2) is 10.9. The number of carbonyl (C=O) groups excluding carboxylic acids is 1. The molecule has 0 aliphatic heterocycles. The molecule has 184 valence electrons. The van der Waals surface area contributed by atoms with Crippen LogP contribution in [0.25, 0.3) is 0 Å². The third kappa shape index (κ3) is 6.29. The molecule has 8 nitrogen and oxygen atoms in total. The molecule has 12 heteroatoms. The summed E-state index contributed by atoms with van der Waals surface area (Å²) in [7, 11) is -1.59. The highest BCUT2D eigenvalue weighted by Gasteiger charge is 2.24. The van der Waals surface area contributed by atoms with Crippen LogP contribution < -0.4 is 14.9 Å². The smallest absolute Gasteiger partial charge is 0.340 e. The maximum absolute atomic E-state index is 14.9. The molecule has 0 bridgehead atoms. The number of hydrogen-bond donors (Lipinski definition) is 2. The number of ether oxygens (including phenoxy) is 2. The van der Waals surface area contributed by atoms with Gasteiger partial charge in [0.25, 0.3) is 10.0 Å². The third-order valence-corrected chi connectivity index (χ3v) is 5.77.